The summed E-state index contributed by atoms with van der Waals surface area (Å²) in [5, 5.41) is 0. The second kappa shape index (κ2) is 5.74. The molecule has 0 aromatic heterocycles. The van der Waals surface area contributed by atoms with Gasteiger partial charge in [0, 0.05) is 23.5 Å². The molecule has 2 heterocycles. The Morgan fingerprint density at radius 1 is 1.39 bits per heavy atom. The Hall–Kier alpha value is -1.70. The zero-order valence-corrected chi connectivity index (χ0v) is 13.8. The van der Waals surface area contributed by atoms with Crippen LogP contribution in [0.25, 0.3) is 0 Å². The summed E-state index contributed by atoms with van der Waals surface area (Å²) in [5.74, 6) is -0.355. The number of benzene rings is 1. The second-order valence-corrected chi connectivity index (χ2v) is 6.34. The molecule has 3 rings (SSSR count). The highest BCUT2D eigenvalue weighted by molar-refractivity contribution is 5.86. The van der Waals surface area contributed by atoms with Crippen LogP contribution >= 0.6 is 0 Å². The normalized spacial score (nSPS) is 30.0. The van der Waals surface area contributed by atoms with Crippen molar-refractivity contribution < 1.29 is 28.4 Å². The number of carbonyl (C=O) groups is 1. The number of hydrogen-bond acceptors (Lipinski definition) is 5. The molecule has 1 fully saturated rings. The minimum absolute atomic E-state index is 0.0353. The maximum absolute atomic E-state index is 15.1. The lowest BCUT2D eigenvalue weighted by Gasteiger charge is -2.37. The Morgan fingerprint density at radius 2 is 2.04 bits per heavy atom. The quantitative estimate of drug-likeness (QED) is 0.629. The van der Waals surface area contributed by atoms with Gasteiger partial charge in [-0.3, -0.25) is 9.63 Å². The predicted molar refractivity (Wildman–Crippen MR) is 81.5 cm³/mol. The van der Waals surface area contributed by atoms with Crippen molar-refractivity contribution in [2.24, 2.45) is 0 Å². The monoisotopic (exact) mass is 325 g/mol. The van der Waals surface area contributed by atoms with Crippen molar-refractivity contribution in [1.29, 1.82) is 0 Å². The third kappa shape index (κ3) is 2.80. The third-order valence-electron chi connectivity index (χ3n) is 4.29. The van der Waals surface area contributed by atoms with Crippen molar-refractivity contribution in [3.8, 4) is 5.75 Å². The number of nitrogens with zero attached hydrogens (tertiary/aromatic N) is 2. The molecule has 0 saturated carbocycles. The predicted octanol–water partition coefficient (Wildman–Crippen LogP) is 2.07. The van der Waals surface area contributed by atoms with Gasteiger partial charge in [0.2, 0.25) is 5.75 Å². The van der Waals surface area contributed by atoms with Crippen LogP contribution in [-0.2, 0) is 16.1 Å². The fourth-order valence-corrected chi connectivity index (χ4v) is 3.32. The van der Waals surface area contributed by atoms with Crippen LogP contribution in [0.4, 0.5) is 10.1 Å². The number of hydrogen-bond donors (Lipinski definition) is 0. The molecule has 1 aromatic carbocycles. The van der Waals surface area contributed by atoms with Gasteiger partial charge in [-0.25, -0.2) is 4.39 Å². The molecule has 0 bridgehead atoms. The largest absolute Gasteiger partial charge is 0.372 e. The van der Waals surface area contributed by atoms with Gasteiger partial charge in [0.25, 0.3) is 0 Å². The highest BCUT2D eigenvalue weighted by atomic mass is 19.1. The fraction of sp³-hybridized carbons (Fsp3) is 0.562. The Balaban J connectivity index is 2.05. The number of halogens is 1. The van der Waals surface area contributed by atoms with Crippen LogP contribution in [-0.4, -0.2) is 50.6 Å². The van der Waals surface area contributed by atoms with Crippen LogP contribution in [0.2, 0.25) is 0 Å². The number of aldehydes is 1. The van der Waals surface area contributed by atoms with Crippen LogP contribution in [0, 0.1) is 5.82 Å². The summed E-state index contributed by atoms with van der Waals surface area (Å²) in [6, 6.07) is 1.69. The molecule has 126 valence electrons. The summed E-state index contributed by atoms with van der Waals surface area (Å²) in [6.45, 7) is 5.27. The van der Waals surface area contributed by atoms with E-state index in [4.69, 9.17) is 14.4 Å². The molecule has 0 radical (unpaired) electrons. The third-order valence-corrected chi connectivity index (χ3v) is 4.29. The molecule has 7 heteroatoms. The maximum Gasteiger partial charge on any atom is 0.241 e. The van der Waals surface area contributed by atoms with Crippen molar-refractivity contribution in [3.63, 3.8) is 0 Å². The van der Waals surface area contributed by atoms with E-state index in [1.807, 2.05) is 18.7 Å². The van der Waals surface area contributed by atoms with E-state index < -0.39 is 5.82 Å². The van der Waals surface area contributed by atoms with Gasteiger partial charge in [-0.15, -0.1) is 0 Å². The number of morpholine rings is 1. The Kier molecular flexibility index (Phi) is 4.03. The van der Waals surface area contributed by atoms with Crippen LogP contribution in [0.3, 0.4) is 0 Å². The highest BCUT2D eigenvalue weighted by Gasteiger charge is 2.41. The molecule has 2 aliphatic heterocycles. The molecular weight excluding hydrogens is 303 g/mol. The van der Waals surface area contributed by atoms with Crippen molar-refractivity contribution in [2.45, 2.75) is 32.6 Å². The second-order valence-electron chi connectivity index (χ2n) is 6.34. The molecule has 0 spiro atoms. The highest BCUT2D eigenvalue weighted by Crippen LogP contribution is 2.41. The van der Waals surface area contributed by atoms with Gasteiger partial charge >= 0.3 is 0 Å². The first-order chi connectivity index (χ1) is 10.9. The molecule has 3 atom stereocenters. The molecule has 0 aliphatic carbocycles. The van der Waals surface area contributed by atoms with Crippen LogP contribution < -0.4 is 9.74 Å². The number of hydroxylamine groups is 4. The Bertz CT molecular complexity index is 629. The van der Waals surface area contributed by atoms with Gasteiger partial charge in [0.15, 0.2) is 18.6 Å². The zero-order valence-electron chi connectivity index (χ0n) is 13.8. The SMILES string of the molecule is CO[N+]1(C)Cc2cc(C=O)c(N3C[C@@H](C)O[C@@H](C)C3)c(F)c2O1. The Morgan fingerprint density at radius 3 is 2.61 bits per heavy atom. The first-order valence-electron chi connectivity index (χ1n) is 7.68. The maximum atomic E-state index is 15.1. The summed E-state index contributed by atoms with van der Waals surface area (Å²) < 4.78 is 20.8. The van der Waals surface area contributed by atoms with E-state index in [-0.39, 0.29) is 28.5 Å². The summed E-state index contributed by atoms with van der Waals surface area (Å²) in [5.41, 5.74) is 1.24. The van der Waals surface area contributed by atoms with Gasteiger partial charge in [0.05, 0.1) is 23.5 Å². The first kappa shape index (κ1) is 16.2. The minimum Gasteiger partial charge on any atom is -0.372 e. The van der Waals surface area contributed by atoms with Crippen molar-refractivity contribution in [2.75, 3.05) is 32.1 Å². The fourth-order valence-electron chi connectivity index (χ4n) is 3.32. The Labute approximate surface area is 134 Å². The first-order valence-corrected chi connectivity index (χ1v) is 7.68. The molecule has 0 N–H and O–H groups in total. The summed E-state index contributed by atoms with van der Waals surface area (Å²) in [4.78, 5) is 24.0. The average Bonchev–Trinajstić information content (AvgIpc) is 2.83. The van der Waals surface area contributed by atoms with Gasteiger partial charge in [-0.05, 0) is 19.9 Å². The number of quaternary nitrogens is 1. The summed E-state index contributed by atoms with van der Waals surface area (Å²) in [6.07, 6.45) is 0.623. The van der Waals surface area contributed by atoms with E-state index in [0.29, 0.717) is 37.0 Å². The summed E-state index contributed by atoms with van der Waals surface area (Å²) in [7, 11) is 3.19. The van der Waals surface area contributed by atoms with Crippen molar-refractivity contribution >= 4 is 12.0 Å². The number of carbonyl (C=O) groups excluding carboxylic acids is 1. The molecule has 1 unspecified atom stereocenters. The smallest absolute Gasteiger partial charge is 0.241 e. The van der Waals surface area contributed by atoms with E-state index in [1.54, 1.807) is 13.1 Å². The number of anilines is 1. The van der Waals surface area contributed by atoms with Gasteiger partial charge in [0.1, 0.15) is 14.2 Å². The van der Waals surface area contributed by atoms with E-state index in [0.717, 1.165) is 0 Å². The molecule has 1 saturated heterocycles. The lowest BCUT2D eigenvalue weighted by molar-refractivity contribution is -1.21. The number of fused-ring (bicyclic) bond motifs is 1. The topological polar surface area (TPSA) is 48.0 Å². The number of rotatable bonds is 3. The van der Waals surface area contributed by atoms with Gasteiger partial charge in [-0.1, -0.05) is 0 Å². The molecule has 1 aromatic rings. The lowest BCUT2D eigenvalue weighted by atomic mass is 10.0. The van der Waals surface area contributed by atoms with Crippen molar-refractivity contribution in [1.82, 2.24) is 0 Å². The molecular formula is C16H22FN2O4+. The molecule has 2 aliphatic rings. The van der Waals surface area contributed by atoms with E-state index in [2.05, 4.69) is 0 Å². The number of ether oxygens (including phenoxy) is 1. The molecule has 0 amide bonds. The van der Waals surface area contributed by atoms with Crippen LogP contribution in [0.15, 0.2) is 6.07 Å². The average molecular weight is 325 g/mol. The summed E-state index contributed by atoms with van der Waals surface area (Å²) >= 11 is 0. The molecule has 23 heavy (non-hydrogen) atoms. The van der Waals surface area contributed by atoms with E-state index in [9.17, 15) is 4.79 Å². The van der Waals surface area contributed by atoms with Gasteiger partial charge in [-0.2, -0.15) is 4.84 Å². The van der Waals surface area contributed by atoms with Gasteiger partial charge < -0.3 is 9.64 Å². The van der Waals surface area contributed by atoms with Crippen LogP contribution in [0.1, 0.15) is 29.8 Å². The van der Waals surface area contributed by atoms with E-state index in [1.165, 1.54) is 7.11 Å². The lowest BCUT2D eigenvalue weighted by Crippen LogP contribution is -2.46. The zero-order chi connectivity index (χ0) is 16.8. The van der Waals surface area contributed by atoms with Crippen molar-refractivity contribution in [3.05, 3.63) is 23.0 Å². The minimum atomic E-state index is -0.509. The van der Waals surface area contributed by atoms with E-state index >= 15 is 4.39 Å². The molecule has 6 nitrogen and oxygen atoms in total. The van der Waals surface area contributed by atoms with Crippen LogP contribution in [0.5, 0.6) is 5.75 Å². The standard InChI is InChI=1S/C16H22FN2O4/c1-10-6-18(7-11(2)22-10)15-13(9-20)5-12-8-19(3,21-4)23-16(12)14(15)17/h5,9-11H,6-8H2,1-4H3/q+1/t10-,11+,19?.